The largest absolute Gasteiger partial charge is 0.503 e. The van der Waals surface area contributed by atoms with Crippen LogP contribution in [0.3, 0.4) is 0 Å². The van der Waals surface area contributed by atoms with Crippen LogP contribution >= 0.6 is 28.1 Å². The van der Waals surface area contributed by atoms with Crippen LogP contribution in [-0.4, -0.2) is 43.5 Å². The lowest BCUT2D eigenvalue weighted by molar-refractivity contribution is 0.372. The molecule has 0 unspecified atom stereocenters. The first-order valence-electron chi connectivity index (χ1n) is 6.80. The molecule has 3 aromatic rings. The number of aromatic hydroxyl groups is 1. The first-order chi connectivity index (χ1) is 11.5. The number of nitrogens with zero attached hydrogens (tertiary/aromatic N) is 4. The number of aromatic nitrogens is 5. The lowest BCUT2D eigenvalue weighted by Gasteiger charge is -2.06. The summed E-state index contributed by atoms with van der Waals surface area (Å²) in [5, 5.41) is 28.1. The molecule has 124 valence electrons. The van der Waals surface area contributed by atoms with Gasteiger partial charge in [-0.2, -0.15) is 20.0 Å². The van der Waals surface area contributed by atoms with Crippen LogP contribution in [0.4, 0.5) is 0 Å². The maximum absolute atomic E-state index is 9.85. The third-order valence-electron chi connectivity index (χ3n) is 3.18. The van der Waals surface area contributed by atoms with Crippen LogP contribution in [0.15, 0.2) is 27.8 Å². The molecule has 0 saturated heterocycles. The summed E-state index contributed by atoms with van der Waals surface area (Å²) in [5.41, 5.74) is 2.24. The zero-order valence-electron chi connectivity index (χ0n) is 12.7. The van der Waals surface area contributed by atoms with E-state index in [4.69, 9.17) is 17.0 Å². The Morgan fingerprint density at radius 1 is 1.33 bits per heavy atom. The van der Waals surface area contributed by atoms with Crippen LogP contribution in [0.25, 0.3) is 11.5 Å². The predicted molar refractivity (Wildman–Crippen MR) is 95.1 cm³/mol. The Bertz CT molecular complexity index is 974. The van der Waals surface area contributed by atoms with Gasteiger partial charge in [-0.1, -0.05) is 0 Å². The van der Waals surface area contributed by atoms with Crippen LogP contribution in [-0.2, 0) is 0 Å². The summed E-state index contributed by atoms with van der Waals surface area (Å²) in [6, 6.07) is 5.21. The van der Waals surface area contributed by atoms with Crippen LogP contribution in [0.1, 0.15) is 11.3 Å². The van der Waals surface area contributed by atoms with Gasteiger partial charge in [-0.05, 0) is 58.8 Å². The Morgan fingerprint density at radius 2 is 2.12 bits per heavy atom. The monoisotopic (exact) mass is 408 g/mol. The lowest BCUT2D eigenvalue weighted by Crippen LogP contribution is -1.96. The zero-order chi connectivity index (χ0) is 17.3. The van der Waals surface area contributed by atoms with Crippen molar-refractivity contribution in [1.82, 2.24) is 25.1 Å². The highest BCUT2D eigenvalue weighted by Gasteiger charge is 2.12. The van der Waals surface area contributed by atoms with Gasteiger partial charge in [0.1, 0.15) is 5.69 Å². The minimum atomic E-state index is 0.0299. The van der Waals surface area contributed by atoms with E-state index in [2.05, 4.69) is 41.4 Å². The summed E-state index contributed by atoms with van der Waals surface area (Å²) in [7, 11) is 1.48. The second-order valence-corrected chi connectivity index (χ2v) is 6.14. The number of aromatic amines is 2. The van der Waals surface area contributed by atoms with E-state index in [1.54, 1.807) is 18.3 Å². The molecule has 0 bridgehead atoms. The van der Waals surface area contributed by atoms with E-state index in [0.717, 1.165) is 5.69 Å². The van der Waals surface area contributed by atoms with Crippen molar-refractivity contribution in [3.63, 3.8) is 0 Å². The number of benzene rings is 1. The zero-order valence-corrected chi connectivity index (χ0v) is 15.1. The van der Waals surface area contributed by atoms with Crippen LogP contribution in [0.5, 0.6) is 11.5 Å². The van der Waals surface area contributed by atoms with Gasteiger partial charge in [-0.3, -0.25) is 5.10 Å². The Balaban J connectivity index is 2.00. The van der Waals surface area contributed by atoms with Gasteiger partial charge in [-0.15, -0.1) is 0 Å². The molecule has 0 fully saturated rings. The van der Waals surface area contributed by atoms with Crippen molar-refractivity contribution in [3.05, 3.63) is 38.7 Å². The molecule has 0 spiro atoms. The highest BCUT2D eigenvalue weighted by Crippen LogP contribution is 2.34. The smallest absolute Gasteiger partial charge is 0.216 e. The predicted octanol–water partition coefficient (Wildman–Crippen LogP) is 3.00. The molecule has 2 aromatic heterocycles. The van der Waals surface area contributed by atoms with Crippen molar-refractivity contribution in [2.75, 3.05) is 7.11 Å². The fourth-order valence-electron chi connectivity index (χ4n) is 2.05. The second-order valence-electron chi connectivity index (χ2n) is 4.90. The van der Waals surface area contributed by atoms with E-state index >= 15 is 0 Å². The number of H-pyrrole nitrogens is 2. The van der Waals surface area contributed by atoms with Gasteiger partial charge in [-0.25, -0.2) is 5.10 Å². The molecule has 8 nitrogen and oxygen atoms in total. The standard InChI is InChI=1S/C14H13BrN6O2S/c1-7-3-10(18-17-7)13-19-20-14(24)21(13)16-6-8-4-9(15)12(22)11(5-8)23-2/h3-6,22H,1-2H3,(H,17,18)(H,20,24)/b16-6-. The Morgan fingerprint density at radius 3 is 2.79 bits per heavy atom. The normalized spacial score (nSPS) is 11.3. The van der Waals surface area contributed by atoms with Crippen molar-refractivity contribution >= 4 is 34.4 Å². The summed E-state index contributed by atoms with van der Waals surface area (Å²) in [5.74, 6) is 0.859. The molecule has 3 rings (SSSR count). The van der Waals surface area contributed by atoms with Crippen molar-refractivity contribution in [2.24, 2.45) is 5.10 Å². The number of ether oxygens (including phenoxy) is 1. The van der Waals surface area contributed by atoms with Crippen LogP contribution in [0.2, 0.25) is 0 Å². The summed E-state index contributed by atoms with van der Waals surface area (Å²) in [6.07, 6.45) is 1.58. The van der Waals surface area contributed by atoms with Gasteiger partial charge in [0, 0.05) is 5.69 Å². The molecule has 0 saturated carbocycles. The van der Waals surface area contributed by atoms with E-state index in [0.29, 0.717) is 32.1 Å². The van der Waals surface area contributed by atoms with E-state index in [1.807, 2.05) is 13.0 Å². The van der Waals surface area contributed by atoms with Crippen molar-refractivity contribution in [2.45, 2.75) is 6.92 Å². The third kappa shape index (κ3) is 3.10. The molecular formula is C14H13BrN6O2S. The van der Waals surface area contributed by atoms with Crippen molar-refractivity contribution in [1.29, 1.82) is 0 Å². The maximum atomic E-state index is 9.85. The van der Waals surface area contributed by atoms with Gasteiger partial charge < -0.3 is 9.84 Å². The first kappa shape index (κ1) is 16.4. The van der Waals surface area contributed by atoms with Crippen LogP contribution in [0, 0.1) is 11.7 Å². The van der Waals surface area contributed by atoms with Gasteiger partial charge in [0.25, 0.3) is 0 Å². The van der Waals surface area contributed by atoms with Crippen molar-refractivity contribution in [3.8, 4) is 23.0 Å². The van der Waals surface area contributed by atoms with Gasteiger partial charge >= 0.3 is 0 Å². The minimum Gasteiger partial charge on any atom is -0.503 e. The molecule has 24 heavy (non-hydrogen) atoms. The van der Waals surface area contributed by atoms with E-state index < -0.39 is 0 Å². The molecule has 0 radical (unpaired) electrons. The number of aryl methyl sites for hydroxylation is 1. The topological polar surface area (TPSA) is 104 Å². The summed E-state index contributed by atoms with van der Waals surface area (Å²) in [4.78, 5) is 0. The Hall–Kier alpha value is -2.46. The minimum absolute atomic E-state index is 0.0299. The highest BCUT2D eigenvalue weighted by atomic mass is 79.9. The molecule has 0 amide bonds. The molecule has 3 N–H and O–H groups in total. The highest BCUT2D eigenvalue weighted by molar-refractivity contribution is 9.10. The van der Waals surface area contributed by atoms with Crippen molar-refractivity contribution < 1.29 is 9.84 Å². The fourth-order valence-corrected chi connectivity index (χ4v) is 2.68. The average Bonchev–Trinajstić information content (AvgIpc) is 3.14. The van der Waals surface area contributed by atoms with Gasteiger partial charge in [0.2, 0.25) is 10.6 Å². The summed E-state index contributed by atoms with van der Waals surface area (Å²) in [6.45, 7) is 1.89. The molecule has 0 aliphatic heterocycles. The number of methoxy groups -OCH3 is 1. The molecule has 0 atom stereocenters. The molecular weight excluding hydrogens is 396 g/mol. The molecule has 0 aliphatic carbocycles. The number of hydrogen-bond donors (Lipinski definition) is 3. The number of hydrogen-bond acceptors (Lipinski definition) is 6. The number of phenolic OH excluding ortho intramolecular Hbond substituents is 1. The third-order valence-corrected chi connectivity index (χ3v) is 4.05. The fraction of sp³-hybridized carbons (Fsp3) is 0.143. The van der Waals surface area contributed by atoms with E-state index in [-0.39, 0.29) is 5.75 Å². The second kappa shape index (κ2) is 6.57. The summed E-state index contributed by atoms with van der Waals surface area (Å²) >= 11 is 8.48. The molecule has 10 heteroatoms. The molecule has 2 heterocycles. The number of nitrogens with one attached hydrogen (secondary N) is 2. The lowest BCUT2D eigenvalue weighted by atomic mass is 10.2. The quantitative estimate of drug-likeness (QED) is 0.454. The number of rotatable bonds is 4. The summed E-state index contributed by atoms with van der Waals surface area (Å²) < 4.78 is 7.43. The van der Waals surface area contributed by atoms with Crippen LogP contribution < -0.4 is 4.74 Å². The maximum Gasteiger partial charge on any atom is 0.216 e. The number of halogens is 1. The average molecular weight is 409 g/mol. The Kier molecular flexibility index (Phi) is 4.49. The first-order valence-corrected chi connectivity index (χ1v) is 8.00. The number of phenols is 1. The van der Waals surface area contributed by atoms with Gasteiger partial charge in [0.15, 0.2) is 11.5 Å². The Labute approximate surface area is 150 Å². The van der Waals surface area contributed by atoms with E-state index in [9.17, 15) is 5.11 Å². The molecule has 1 aromatic carbocycles. The SMILES string of the molecule is COc1cc(/C=N\n2c(-c3cc(C)[nH]n3)n[nH]c2=S)cc(Br)c1O. The van der Waals surface area contributed by atoms with Gasteiger partial charge in [0.05, 0.1) is 17.8 Å². The molecule has 0 aliphatic rings. The van der Waals surface area contributed by atoms with E-state index in [1.165, 1.54) is 11.8 Å².